The number of amides is 1. The fourth-order valence-electron chi connectivity index (χ4n) is 2.66. The van der Waals surface area contributed by atoms with Crippen molar-refractivity contribution in [1.29, 1.82) is 0 Å². The van der Waals surface area contributed by atoms with E-state index in [0.717, 1.165) is 35.7 Å². The molecule has 1 saturated heterocycles. The minimum absolute atomic E-state index is 0.223. The van der Waals surface area contributed by atoms with Gasteiger partial charge >= 0.3 is 0 Å². The van der Waals surface area contributed by atoms with Gasteiger partial charge in [-0.3, -0.25) is 4.79 Å². The number of ether oxygens (including phenoxy) is 1. The maximum absolute atomic E-state index is 13.4. The first kappa shape index (κ1) is 17.0. The zero-order valence-electron chi connectivity index (χ0n) is 13.5. The van der Waals surface area contributed by atoms with E-state index in [1.807, 2.05) is 25.1 Å². The van der Waals surface area contributed by atoms with E-state index in [1.165, 1.54) is 12.1 Å². The van der Waals surface area contributed by atoms with Crippen LogP contribution in [0.25, 0.3) is 0 Å². The summed E-state index contributed by atoms with van der Waals surface area (Å²) < 4.78 is 19.0. The van der Waals surface area contributed by atoms with Gasteiger partial charge in [-0.1, -0.05) is 18.2 Å². The zero-order valence-corrected chi connectivity index (χ0v) is 14.4. The topological polar surface area (TPSA) is 38.3 Å². The molecule has 1 heterocycles. The highest BCUT2D eigenvalue weighted by Crippen LogP contribution is 2.27. The standard InChI is InChI=1S/C19H20FNO2S/c1-13-8-9-14(20)11-17(13)21-19(22)16-6-2-3-7-18(16)24-12-15-5-4-10-23-15/h2-3,6-9,11,15H,4-5,10,12H2,1H3,(H,21,22)/t15-/m1/s1. The van der Waals surface area contributed by atoms with Gasteiger partial charge in [0.1, 0.15) is 5.82 Å². The maximum Gasteiger partial charge on any atom is 0.256 e. The molecule has 126 valence electrons. The number of anilines is 1. The molecule has 1 fully saturated rings. The quantitative estimate of drug-likeness (QED) is 0.801. The summed E-state index contributed by atoms with van der Waals surface area (Å²) in [7, 11) is 0. The van der Waals surface area contributed by atoms with Gasteiger partial charge in [-0.05, 0) is 49.6 Å². The molecule has 3 rings (SSSR count). The third-order valence-electron chi connectivity index (χ3n) is 4.03. The van der Waals surface area contributed by atoms with E-state index in [-0.39, 0.29) is 17.8 Å². The predicted molar refractivity (Wildman–Crippen MR) is 95.2 cm³/mol. The average molecular weight is 345 g/mol. The Hall–Kier alpha value is -1.85. The molecule has 1 aliphatic heterocycles. The minimum Gasteiger partial charge on any atom is -0.377 e. The molecule has 5 heteroatoms. The summed E-state index contributed by atoms with van der Waals surface area (Å²) in [6.07, 6.45) is 2.44. The normalized spacial score (nSPS) is 17.0. The van der Waals surface area contributed by atoms with Crippen molar-refractivity contribution in [3.05, 3.63) is 59.4 Å². The highest BCUT2D eigenvalue weighted by atomic mass is 32.2. The monoisotopic (exact) mass is 345 g/mol. The van der Waals surface area contributed by atoms with Gasteiger partial charge in [0.15, 0.2) is 0 Å². The third kappa shape index (κ3) is 4.16. The molecule has 1 aliphatic rings. The lowest BCUT2D eigenvalue weighted by molar-refractivity contribution is 0.102. The Morgan fingerprint density at radius 3 is 2.96 bits per heavy atom. The van der Waals surface area contributed by atoms with E-state index >= 15 is 0 Å². The number of benzene rings is 2. The number of hydrogen-bond acceptors (Lipinski definition) is 3. The van der Waals surface area contributed by atoms with Crippen molar-refractivity contribution in [3.8, 4) is 0 Å². The average Bonchev–Trinajstić information content (AvgIpc) is 3.10. The fraction of sp³-hybridized carbons (Fsp3) is 0.316. The van der Waals surface area contributed by atoms with E-state index in [9.17, 15) is 9.18 Å². The van der Waals surface area contributed by atoms with Crippen LogP contribution in [0.5, 0.6) is 0 Å². The van der Waals surface area contributed by atoms with Gasteiger partial charge in [-0.15, -0.1) is 11.8 Å². The summed E-state index contributed by atoms with van der Waals surface area (Å²) in [6.45, 7) is 2.67. The highest BCUT2D eigenvalue weighted by molar-refractivity contribution is 7.99. The van der Waals surface area contributed by atoms with Crippen molar-refractivity contribution in [2.45, 2.75) is 30.8 Å². The van der Waals surface area contributed by atoms with E-state index in [2.05, 4.69) is 5.32 Å². The van der Waals surface area contributed by atoms with Crippen molar-refractivity contribution in [2.75, 3.05) is 17.7 Å². The molecule has 24 heavy (non-hydrogen) atoms. The summed E-state index contributed by atoms with van der Waals surface area (Å²) in [5, 5.41) is 2.81. The van der Waals surface area contributed by atoms with E-state index in [0.29, 0.717) is 11.3 Å². The number of rotatable bonds is 5. The molecule has 1 atom stereocenters. The number of carbonyl (C=O) groups excluding carboxylic acids is 1. The van der Waals surface area contributed by atoms with E-state index in [1.54, 1.807) is 23.9 Å². The lowest BCUT2D eigenvalue weighted by atomic mass is 10.1. The molecule has 0 aliphatic carbocycles. The Bertz CT molecular complexity index is 729. The van der Waals surface area contributed by atoms with Gasteiger partial charge in [-0.25, -0.2) is 4.39 Å². The molecular formula is C19H20FNO2S. The second kappa shape index (κ2) is 7.81. The molecule has 0 radical (unpaired) electrons. The number of nitrogens with one attached hydrogen (secondary N) is 1. The summed E-state index contributed by atoms with van der Waals surface area (Å²) in [4.78, 5) is 13.5. The van der Waals surface area contributed by atoms with E-state index in [4.69, 9.17) is 4.74 Å². The second-order valence-electron chi connectivity index (χ2n) is 5.86. The van der Waals surface area contributed by atoms with Crippen molar-refractivity contribution in [1.82, 2.24) is 0 Å². The number of aryl methyl sites for hydroxylation is 1. The molecule has 0 saturated carbocycles. The molecule has 3 nitrogen and oxygen atoms in total. The SMILES string of the molecule is Cc1ccc(F)cc1NC(=O)c1ccccc1SC[C@H]1CCCO1. The van der Waals surface area contributed by atoms with Crippen molar-refractivity contribution >= 4 is 23.4 Å². The summed E-state index contributed by atoms with van der Waals surface area (Å²) in [5.41, 5.74) is 1.93. The number of halogens is 1. The highest BCUT2D eigenvalue weighted by Gasteiger charge is 2.18. The van der Waals surface area contributed by atoms with E-state index < -0.39 is 0 Å². The number of thioether (sulfide) groups is 1. The van der Waals surface area contributed by atoms with Crippen LogP contribution in [0, 0.1) is 12.7 Å². The van der Waals surface area contributed by atoms with Crippen LogP contribution in [0.4, 0.5) is 10.1 Å². The second-order valence-corrected chi connectivity index (χ2v) is 6.92. The first-order valence-corrected chi connectivity index (χ1v) is 9.03. The lowest BCUT2D eigenvalue weighted by Crippen LogP contribution is -2.15. The largest absolute Gasteiger partial charge is 0.377 e. The summed E-state index contributed by atoms with van der Waals surface area (Å²) >= 11 is 1.63. The summed E-state index contributed by atoms with van der Waals surface area (Å²) in [5.74, 6) is 0.250. The Balaban J connectivity index is 1.73. The Morgan fingerprint density at radius 2 is 2.17 bits per heavy atom. The Morgan fingerprint density at radius 1 is 1.33 bits per heavy atom. The smallest absolute Gasteiger partial charge is 0.256 e. The molecule has 0 unspecified atom stereocenters. The fourth-order valence-corrected chi connectivity index (χ4v) is 3.78. The van der Waals surface area contributed by atoms with Gasteiger partial charge in [0.25, 0.3) is 5.91 Å². The molecule has 0 spiro atoms. The number of hydrogen-bond donors (Lipinski definition) is 1. The van der Waals surface area contributed by atoms with Gasteiger partial charge in [0.05, 0.1) is 11.7 Å². The minimum atomic E-state index is -0.364. The van der Waals surface area contributed by atoms with Gasteiger partial charge in [-0.2, -0.15) is 0 Å². The first-order valence-electron chi connectivity index (χ1n) is 8.04. The molecule has 0 aromatic heterocycles. The van der Waals surface area contributed by atoms with Crippen LogP contribution >= 0.6 is 11.8 Å². The van der Waals surface area contributed by atoms with Crippen LogP contribution < -0.4 is 5.32 Å². The van der Waals surface area contributed by atoms with Crippen molar-refractivity contribution in [3.63, 3.8) is 0 Å². The predicted octanol–water partition coefficient (Wildman–Crippen LogP) is 4.66. The molecular weight excluding hydrogens is 325 g/mol. The van der Waals surface area contributed by atoms with Crippen LogP contribution in [0.2, 0.25) is 0 Å². The first-order chi connectivity index (χ1) is 11.6. The van der Waals surface area contributed by atoms with Gasteiger partial charge in [0, 0.05) is 22.9 Å². The number of carbonyl (C=O) groups is 1. The molecule has 1 amide bonds. The van der Waals surface area contributed by atoms with Crippen LogP contribution in [0.1, 0.15) is 28.8 Å². The molecule has 0 bridgehead atoms. The van der Waals surface area contributed by atoms with Gasteiger partial charge < -0.3 is 10.1 Å². The van der Waals surface area contributed by atoms with Crippen LogP contribution in [-0.2, 0) is 4.74 Å². The van der Waals surface area contributed by atoms with Gasteiger partial charge in [0.2, 0.25) is 0 Å². The summed E-state index contributed by atoms with van der Waals surface area (Å²) in [6, 6.07) is 11.9. The molecule has 1 N–H and O–H groups in total. The van der Waals surface area contributed by atoms with Crippen LogP contribution in [-0.4, -0.2) is 24.4 Å². The van der Waals surface area contributed by atoms with Crippen LogP contribution in [0.15, 0.2) is 47.4 Å². The van der Waals surface area contributed by atoms with Crippen LogP contribution in [0.3, 0.4) is 0 Å². The Kier molecular flexibility index (Phi) is 5.53. The maximum atomic E-state index is 13.4. The molecule has 2 aromatic rings. The Labute approximate surface area is 145 Å². The van der Waals surface area contributed by atoms with Crippen molar-refractivity contribution in [2.24, 2.45) is 0 Å². The lowest BCUT2D eigenvalue weighted by Gasteiger charge is -2.13. The van der Waals surface area contributed by atoms with Crippen molar-refractivity contribution < 1.29 is 13.9 Å². The molecule has 2 aromatic carbocycles. The third-order valence-corrected chi connectivity index (χ3v) is 5.23. The zero-order chi connectivity index (χ0) is 16.9.